The fourth-order valence-corrected chi connectivity index (χ4v) is 5.41. The van der Waals surface area contributed by atoms with Gasteiger partial charge in [-0.2, -0.15) is 0 Å². The second kappa shape index (κ2) is 13.0. The maximum atomic E-state index is 12.9. The number of halogens is 1. The van der Waals surface area contributed by atoms with Gasteiger partial charge in [-0.05, 0) is 79.1 Å². The number of carbonyl (C=O) groups is 1. The Morgan fingerprint density at radius 2 is 1.79 bits per heavy atom. The minimum absolute atomic E-state index is 0. The number of piperidine rings is 1. The summed E-state index contributed by atoms with van der Waals surface area (Å²) in [5, 5.41) is 1.18. The summed E-state index contributed by atoms with van der Waals surface area (Å²) in [4.78, 5) is 21.5. The van der Waals surface area contributed by atoms with Crippen LogP contribution in [0.15, 0.2) is 79.0 Å². The molecule has 5 rings (SSSR count). The number of rotatable bonds is 8. The molecule has 1 aliphatic heterocycles. The lowest BCUT2D eigenvalue weighted by molar-refractivity contribution is -0.125. The predicted molar refractivity (Wildman–Crippen MR) is 162 cm³/mol. The minimum atomic E-state index is -0.0471. The summed E-state index contributed by atoms with van der Waals surface area (Å²) < 4.78 is 2.14. The molecular formula is C32H38ClN5O. The van der Waals surface area contributed by atoms with Gasteiger partial charge >= 0.3 is 0 Å². The monoisotopic (exact) mass is 543 g/mol. The SMILES string of the molecule is CN(Cc1cc2ccccc2n1C)C(=O)C=Cc1cnc(N)c(CN2CCC(Cc3ccccc3)CC2)c1.Cl. The van der Waals surface area contributed by atoms with Crippen LogP contribution in [0.3, 0.4) is 0 Å². The van der Waals surface area contributed by atoms with E-state index >= 15 is 0 Å². The van der Waals surface area contributed by atoms with Crippen LogP contribution >= 0.6 is 12.4 Å². The number of aryl methyl sites for hydroxylation is 1. The standard InChI is InChI=1S/C32H37N5O.ClH/c1-35(23-29-20-27-10-6-7-11-30(27)36(29)2)31(38)13-12-26-19-28(32(33)34-21-26)22-37-16-14-25(15-17-37)18-24-8-4-3-5-9-24;/h3-13,19-21,25H,14-18,22-23H2,1-2H3,(H2,33,34);1H. The van der Waals surface area contributed by atoms with E-state index in [1.165, 1.54) is 29.3 Å². The van der Waals surface area contributed by atoms with Gasteiger partial charge in [-0.25, -0.2) is 4.98 Å². The molecule has 0 radical (unpaired) electrons. The lowest BCUT2D eigenvalue weighted by atomic mass is 9.90. The van der Waals surface area contributed by atoms with E-state index in [1.807, 2.05) is 32.3 Å². The van der Waals surface area contributed by atoms with Crippen LogP contribution in [0, 0.1) is 5.92 Å². The van der Waals surface area contributed by atoms with Crippen LogP contribution in [-0.2, 0) is 31.4 Å². The van der Waals surface area contributed by atoms with E-state index in [2.05, 4.69) is 69.0 Å². The Hall–Kier alpha value is -3.61. The highest BCUT2D eigenvalue weighted by Crippen LogP contribution is 2.24. The van der Waals surface area contributed by atoms with Crippen molar-refractivity contribution in [1.82, 2.24) is 19.4 Å². The Balaban J connectivity index is 0.00000353. The largest absolute Gasteiger partial charge is 0.383 e. The number of benzene rings is 2. The fourth-order valence-electron chi connectivity index (χ4n) is 5.41. The van der Waals surface area contributed by atoms with Gasteiger partial charge in [0.05, 0.1) is 6.54 Å². The maximum absolute atomic E-state index is 12.9. The van der Waals surface area contributed by atoms with Crippen molar-refractivity contribution in [1.29, 1.82) is 0 Å². The highest BCUT2D eigenvalue weighted by Gasteiger charge is 2.20. The fraction of sp³-hybridized carbons (Fsp3) is 0.312. The highest BCUT2D eigenvalue weighted by atomic mass is 35.5. The lowest BCUT2D eigenvalue weighted by Gasteiger charge is -2.32. The molecule has 1 aliphatic rings. The molecule has 3 heterocycles. The van der Waals surface area contributed by atoms with Gasteiger partial charge in [0, 0.05) is 49.7 Å². The van der Waals surface area contributed by atoms with E-state index in [0.29, 0.717) is 12.4 Å². The molecule has 39 heavy (non-hydrogen) atoms. The van der Waals surface area contributed by atoms with Crippen LogP contribution in [0.4, 0.5) is 5.82 Å². The van der Waals surface area contributed by atoms with Gasteiger partial charge in [0.2, 0.25) is 5.91 Å². The zero-order valence-electron chi connectivity index (χ0n) is 22.8. The summed E-state index contributed by atoms with van der Waals surface area (Å²) in [7, 11) is 3.87. The second-order valence-electron chi connectivity index (χ2n) is 10.5. The van der Waals surface area contributed by atoms with Crippen LogP contribution in [0.1, 0.15) is 35.2 Å². The minimum Gasteiger partial charge on any atom is -0.383 e. The second-order valence-corrected chi connectivity index (χ2v) is 10.5. The zero-order valence-corrected chi connectivity index (χ0v) is 23.6. The molecule has 1 amide bonds. The van der Waals surface area contributed by atoms with Crippen LogP contribution < -0.4 is 5.73 Å². The van der Waals surface area contributed by atoms with Crippen molar-refractivity contribution in [3.8, 4) is 0 Å². The molecule has 2 aromatic heterocycles. The molecule has 0 saturated carbocycles. The molecule has 2 aromatic carbocycles. The lowest BCUT2D eigenvalue weighted by Crippen LogP contribution is -2.34. The molecule has 204 valence electrons. The average Bonchev–Trinajstić information content (AvgIpc) is 3.25. The van der Waals surface area contributed by atoms with Gasteiger partial charge in [-0.15, -0.1) is 12.4 Å². The summed E-state index contributed by atoms with van der Waals surface area (Å²) in [6.07, 6.45) is 8.73. The number of para-hydroxylation sites is 1. The number of hydrogen-bond acceptors (Lipinski definition) is 4. The van der Waals surface area contributed by atoms with E-state index in [4.69, 9.17) is 5.73 Å². The van der Waals surface area contributed by atoms with E-state index in [1.54, 1.807) is 17.2 Å². The Labute approximate surface area is 237 Å². The smallest absolute Gasteiger partial charge is 0.246 e. The quantitative estimate of drug-likeness (QED) is 0.289. The number of pyridine rings is 1. The van der Waals surface area contributed by atoms with Crippen LogP contribution in [-0.4, -0.2) is 45.4 Å². The molecule has 7 heteroatoms. The Morgan fingerprint density at radius 3 is 2.54 bits per heavy atom. The molecule has 0 bridgehead atoms. The number of carbonyl (C=O) groups excluding carboxylic acids is 1. The van der Waals surface area contributed by atoms with Crippen molar-refractivity contribution < 1.29 is 4.79 Å². The van der Waals surface area contributed by atoms with Crippen molar-refractivity contribution in [2.75, 3.05) is 25.9 Å². The van der Waals surface area contributed by atoms with Crippen molar-refractivity contribution in [3.63, 3.8) is 0 Å². The zero-order chi connectivity index (χ0) is 26.5. The van der Waals surface area contributed by atoms with Gasteiger partial charge in [-0.3, -0.25) is 9.69 Å². The van der Waals surface area contributed by atoms with Gasteiger partial charge in [0.1, 0.15) is 5.82 Å². The first-order valence-electron chi connectivity index (χ1n) is 13.4. The molecule has 0 aliphatic carbocycles. The van der Waals surface area contributed by atoms with Crippen molar-refractivity contribution in [2.45, 2.75) is 32.4 Å². The van der Waals surface area contributed by atoms with E-state index < -0.39 is 0 Å². The first kappa shape index (κ1) is 28.4. The number of nitrogens with zero attached hydrogens (tertiary/aromatic N) is 4. The van der Waals surface area contributed by atoms with Gasteiger partial charge in [0.25, 0.3) is 0 Å². The number of nitrogens with two attached hydrogens (primary N) is 1. The third kappa shape index (κ3) is 7.08. The molecule has 6 nitrogen and oxygen atoms in total. The Kier molecular flexibility index (Phi) is 9.44. The summed E-state index contributed by atoms with van der Waals surface area (Å²) in [6, 6.07) is 23.2. The first-order chi connectivity index (χ1) is 18.5. The topological polar surface area (TPSA) is 67.4 Å². The summed E-state index contributed by atoms with van der Waals surface area (Å²) in [5.41, 5.74) is 11.8. The molecular weight excluding hydrogens is 506 g/mol. The van der Waals surface area contributed by atoms with Crippen LogP contribution in [0.25, 0.3) is 17.0 Å². The molecule has 0 atom stereocenters. The maximum Gasteiger partial charge on any atom is 0.246 e. The summed E-state index contributed by atoms with van der Waals surface area (Å²) in [6.45, 7) is 3.45. The summed E-state index contributed by atoms with van der Waals surface area (Å²) in [5.74, 6) is 1.25. The number of fused-ring (bicyclic) bond motifs is 1. The van der Waals surface area contributed by atoms with Crippen molar-refractivity contribution >= 4 is 41.1 Å². The van der Waals surface area contributed by atoms with Gasteiger partial charge < -0.3 is 15.2 Å². The van der Waals surface area contributed by atoms with Crippen molar-refractivity contribution in [2.24, 2.45) is 13.0 Å². The number of likely N-dealkylation sites (N-methyl/N-ethyl adjacent to an activating group) is 1. The molecule has 4 aromatic rings. The van der Waals surface area contributed by atoms with Gasteiger partial charge in [0.15, 0.2) is 0 Å². The van der Waals surface area contributed by atoms with Crippen molar-refractivity contribution in [3.05, 3.63) is 101 Å². The Morgan fingerprint density at radius 1 is 1.08 bits per heavy atom. The van der Waals surface area contributed by atoms with Crippen LogP contribution in [0.2, 0.25) is 0 Å². The normalized spacial score (nSPS) is 14.5. The first-order valence-corrected chi connectivity index (χ1v) is 13.4. The molecule has 1 saturated heterocycles. The number of nitrogen functional groups attached to an aromatic ring is 1. The van der Waals surface area contributed by atoms with E-state index in [9.17, 15) is 4.79 Å². The van der Waals surface area contributed by atoms with Gasteiger partial charge in [-0.1, -0.05) is 48.5 Å². The summed E-state index contributed by atoms with van der Waals surface area (Å²) >= 11 is 0. The highest BCUT2D eigenvalue weighted by molar-refractivity contribution is 5.91. The average molecular weight is 544 g/mol. The molecule has 2 N–H and O–H groups in total. The number of likely N-dealkylation sites (tertiary alicyclic amines) is 1. The third-order valence-corrected chi connectivity index (χ3v) is 7.74. The number of anilines is 1. The molecule has 0 unspecified atom stereocenters. The molecule has 0 spiro atoms. The number of hydrogen-bond donors (Lipinski definition) is 1. The Bertz CT molecular complexity index is 1420. The molecule has 1 fully saturated rings. The number of aromatic nitrogens is 2. The van der Waals surface area contributed by atoms with Crippen LogP contribution in [0.5, 0.6) is 0 Å². The van der Waals surface area contributed by atoms with E-state index in [-0.39, 0.29) is 18.3 Å². The van der Waals surface area contributed by atoms with E-state index in [0.717, 1.165) is 48.8 Å². The number of amides is 1. The predicted octanol–water partition coefficient (Wildman–Crippen LogP) is 5.70. The third-order valence-electron chi connectivity index (χ3n) is 7.74.